The van der Waals surface area contributed by atoms with Gasteiger partial charge in [0.1, 0.15) is 0 Å². The summed E-state index contributed by atoms with van der Waals surface area (Å²) >= 11 is 0. The van der Waals surface area contributed by atoms with Crippen LogP contribution < -0.4 is 16.0 Å². The smallest absolute Gasteiger partial charge is 0.278 e. The molecule has 0 aromatic heterocycles. The summed E-state index contributed by atoms with van der Waals surface area (Å²) in [5.74, 6) is -0.505. The number of nitrogens with one attached hydrogen (secondary N) is 2. The van der Waals surface area contributed by atoms with Crippen LogP contribution in [0.3, 0.4) is 0 Å². The Hall–Kier alpha value is -2.48. The highest BCUT2D eigenvalue weighted by molar-refractivity contribution is 5.95. The third-order valence-corrected chi connectivity index (χ3v) is 2.98. The highest BCUT2D eigenvalue weighted by Crippen LogP contribution is 2.17. The van der Waals surface area contributed by atoms with Gasteiger partial charge in [0.05, 0.1) is 24.4 Å². The number of carbonyl (C=O) groups excluding carboxylic acids is 2. The molecule has 20 heavy (non-hydrogen) atoms. The zero-order chi connectivity index (χ0) is 14.5. The third-order valence-electron chi connectivity index (χ3n) is 2.98. The van der Waals surface area contributed by atoms with Crippen molar-refractivity contribution in [1.29, 1.82) is 0 Å². The zero-order valence-corrected chi connectivity index (χ0v) is 10.7. The van der Waals surface area contributed by atoms with Gasteiger partial charge in [0, 0.05) is 17.8 Å². The quantitative estimate of drug-likeness (QED) is 0.483. The Balaban J connectivity index is 1.95. The number of piperazine rings is 1. The molecular formula is C12H15N4O4+. The van der Waals surface area contributed by atoms with Crippen LogP contribution in [-0.4, -0.2) is 35.9 Å². The van der Waals surface area contributed by atoms with Crippen molar-refractivity contribution in [3.8, 4) is 0 Å². The van der Waals surface area contributed by atoms with Gasteiger partial charge in [-0.05, 0) is 6.07 Å². The molecule has 0 radical (unpaired) electrons. The number of benzene rings is 1. The van der Waals surface area contributed by atoms with Gasteiger partial charge in [-0.2, -0.15) is 0 Å². The van der Waals surface area contributed by atoms with E-state index in [1.165, 1.54) is 18.2 Å². The van der Waals surface area contributed by atoms with Crippen molar-refractivity contribution in [2.24, 2.45) is 0 Å². The van der Waals surface area contributed by atoms with E-state index in [0.29, 0.717) is 12.2 Å². The zero-order valence-electron chi connectivity index (χ0n) is 10.7. The van der Waals surface area contributed by atoms with Gasteiger partial charge in [-0.25, -0.2) is 0 Å². The number of hydrogen-bond acceptors (Lipinski definition) is 4. The number of quaternary nitrogens is 1. The second kappa shape index (κ2) is 6.11. The molecule has 1 heterocycles. The molecule has 106 valence electrons. The molecule has 0 saturated carbocycles. The molecule has 2 rings (SSSR count). The molecule has 8 heteroatoms. The average Bonchev–Trinajstić information content (AvgIpc) is 2.41. The lowest BCUT2D eigenvalue weighted by atomic mass is 10.1. The first-order valence-electron chi connectivity index (χ1n) is 6.21. The first-order chi connectivity index (χ1) is 9.56. The molecule has 1 aromatic rings. The predicted octanol–water partition coefficient (Wildman–Crippen LogP) is -1.01. The maximum Gasteiger partial charge on any atom is 0.278 e. The molecular weight excluding hydrogens is 264 g/mol. The van der Waals surface area contributed by atoms with Gasteiger partial charge in [-0.1, -0.05) is 6.07 Å². The van der Waals surface area contributed by atoms with Gasteiger partial charge in [0.25, 0.3) is 11.6 Å². The van der Waals surface area contributed by atoms with Crippen molar-refractivity contribution < 1.29 is 19.8 Å². The summed E-state index contributed by atoms with van der Waals surface area (Å²) < 4.78 is 0. The highest BCUT2D eigenvalue weighted by Gasteiger charge is 2.27. The fourth-order valence-corrected chi connectivity index (χ4v) is 2.00. The number of hydrogen-bond donors (Lipinski definition) is 3. The topological polar surface area (TPSA) is 118 Å². The largest absolute Gasteiger partial charge is 0.345 e. The van der Waals surface area contributed by atoms with Crippen molar-refractivity contribution in [1.82, 2.24) is 5.32 Å². The van der Waals surface area contributed by atoms with Crippen LogP contribution >= 0.6 is 0 Å². The Kier molecular flexibility index (Phi) is 4.26. The van der Waals surface area contributed by atoms with Gasteiger partial charge in [-0.15, -0.1) is 0 Å². The molecule has 8 nitrogen and oxygen atoms in total. The third kappa shape index (κ3) is 3.51. The van der Waals surface area contributed by atoms with E-state index in [1.54, 1.807) is 6.07 Å². The molecule has 1 aliphatic heterocycles. The minimum atomic E-state index is -0.530. The maximum atomic E-state index is 11.8. The number of nitro benzene ring substituents is 1. The van der Waals surface area contributed by atoms with Crippen LogP contribution in [0.1, 0.15) is 6.42 Å². The van der Waals surface area contributed by atoms with Crippen LogP contribution in [0.15, 0.2) is 24.3 Å². The van der Waals surface area contributed by atoms with Gasteiger partial charge >= 0.3 is 0 Å². The fraction of sp³-hybridized carbons (Fsp3) is 0.333. The van der Waals surface area contributed by atoms with Gasteiger partial charge < -0.3 is 16.0 Å². The molecule has 0 bridgehead atoms. The summed E-state index contributed by atoms with van der Waals surface area (Å²) in [4.78, 5) is 33.4. The molecule has 2 amide bonds. The monoisotopic (exact) mass is 279 g/mol. The Morgan fingerprint density at radius 3 is 3.05 bits per heavy atom. The van der Waals surface area contributed by atoms with Crippen LogP contribution in [0.5, 0.6) is 0 Å². The Morgan fingerprint density at radius 2 is 2.35 bits per heavy atom. The first kappa shape index (κ1) is 13.9. The molecule has 0 aliphatic carbocycles. The van der Waals surface area contributed by atoms with E-state index in [9.17, 15) is 19.7 Å². The lowest BCUT2D eigenvalue weighted by Crippen LogP contribution is -2.96. The summed E-state index contributed by atoms with van der Waals surface area (Å²) in [5, 5.41) is 17.7. The number of non-ortho nitro benzene ring substituents is 1. The number of carbonyl (C=O) groups is 2. The molecule has 0 spiro atoms. The number of rotatable bonds is 4. The van der Waals surface area contributed by atoms with Crippen LogP contribution in [0.4, 0.5) is 11.4 Å². The van der Waals surface area contributed by atoms with Gasteiger partial charge in [0.2, 0.25) is 5.91 Å². The minimum Gasteiger partial charge on any atom is -0.345 e. The van der Waals surface area contributed by atoms with E-state index in [0.717, 1.165) is 6.54 Å². The average molecular weight is 279 g/mol. The predicted molar refractivity (Wildman–Crippen MR) is 69.9 cm³/mol. The van der Waals surface area contributed by atoms with E-state index in [2.05, 4.69) is 10.6 Å². The van der Waals surface area contributed by atoms with E-state index in [1.807, 2.05) is 5.32 Å². The SMILES string of the molecule is O=C(C[C@H]1[NH2+]CCNC1=O)Nc1cccc([N+](=O)[O-])c1. The summed E-state index contributed by atoms with van der Waals surface area (Å²) in [6.45, 7) is 1.34. The summed E-state index contributed by atoms with van der Waals surface area (Å²) in [6, 6.07) is 5.24. The Bertz CT molecular complexity index is 546. The van der Waals surface area contributed by atoms with Gasteiger partial charge in [0.15, 0.2) is 6.04 Å². The van der Waals surface area contributed by atoms with Crippen molar-refractivity contribution >= 4 is 23.2 Å². The first-order valence-corrected chi connectivity index (χ1v) is 6.21. The molecule has 1 saturated heterocycles. The lowest BCUT2D eigenvalue weighted by Gasteiger charge is -2.19. The van der Waals surface area contributed by atoms with Crippen LogP contribution in [-0.2, 0) is 9.59 Å². The molecule has 4 N–H and O–H groups in total. The summed E-state index contributed by atoms with van der Waals surface area (Å²) in [5.41, 5.74) is 0.255. The van der Waals surface area contributed by atoms with Gasteiger partial charge in [-0.3, -0.25) is 19.7 Å². The van der Waals surface area contributed by atoms with Crippen LogP contribution in [0.2, 0.25) is 0 Å². The number of nitro groups is 1. The molecule has 1 fully saturated rings. The lowest BCUT2D eigenvalue weighted by molar-refractivity contribution is -0.678. The number of amides is 2. The van der Waals surface area contributed by atoms with Crippen LogP contribution in [0.25, 0.3) is 0 Å². The van der Waals surface area contributed by atoms with Crippen molar-refractivity contribution in [3.05, 3.63) is 34.4 Å². The number of anilines is 1. The van der Waals surface area contributed by atoms with Crippen LogP contribution in [0, 0.1) is 10.1 Å². The Labute approximate surface area is 114 Å². The second-order valence-electron chi connectivity index (χ2n) is 4.48. The Morgan fingerprint density at radius 1 is 1.55 bits per heavy atom. The molecule has 1 aromatic carbocycles. The summed E-state index contributed by atoms with van der Waals surface area (Å²) in [6.07, 6.45) is 0.0362. The second-order valence-corrected chi connectivity index (χ2v) is 4.48. The normalized spacial score (nSPS) is 18.2. The fourth-order valence-electron chi connectivity index (χ4n) is 2.00. The van der Waals surface area contributed by atoms with E-state index in [-0.39, 0.29) is 23.9 Å². The van der Waals surface area contributed by atoms with E-state index >= 15 is 0 Å². The number of nitrogens with zero attached hydrogens (tertiary/aromatic N) is 1. The molecule has 0 unspecified atom stereocenters. The molecule has 1 atom stereocenters. The van der Waals surface area contributed by atoms with Crippen molar-refractivity contribution in [3.63, 3.8) is 0 Å². The molecule has 1 aliphatic rings. The van der Waals surface area contributed by atoms with Crippen molar-refractivity contribution in [2.75, 3.05) is 18.4 Å². The standard InChI is InChI=1S/C12H14N4O4/c17-11(7-10-12(18)14-5-4-13-10)15-8-2-1-3-9(6-8)16(19)20/h1-3,6,10,13H,4-5,7H2,(H,14,18)(H,15,17)/p+1/t10-/m1/s1. The van der Waals surface area contributed by atoms with Crippen molar-refractivity contribution in [2.45, 2.75) is 12.5 Å². The maximum absolute atomic E-state index is 11.8. The number of nitrogens with two attached hydrogens (primary N) is 1. The minimum absolute atomic E-state index is 0.0362. The summed E-state index contributed by atoms with van der Waals surface area (Å²) in [7, 11) is 0. The highest BCUT2D eigenvalue weighted by atomic mass is 16.6. The van der Waals surface area contributed by atoms with E-state index < -0.39 is 11.0 Å². The van der Waals surface area contributed by atoms with E-state index in [4.69, 9.17) is 0 Å².